The van der Waals surface area contributed by atoms with Crippen LogP contribution in [-0.2, 0) is 27.2 Å². The summed E-state index contributed by atoms with van der Waals surface area (Å²) in [6, 6.07) is 14.0. The van der Waals surface area contributed by atoms with Gasteiger partial charge in [-0.25, -0.2) is 4.79 Å². The van der Waals surface area contributed by atoms with Gasteiger partial charge in [-0.15, -0.1) is 0 Å². The highest BCUT2D eigenvalue weighted by atomic mass is 16.4. The lowest BCUT2D eigenvalue weighted by molar-refractivity contribution is -0.155. The molecule has 2 aromatic rings. The first-order chi connectivity index (χ1) is 15.3. The lowest BCUT2D eigenvalue weighted by Gasteiger charge is -2.42. The maximum absolute atomic E-state index is 13.4. The maximum atomic E-state index is 13.4. The van der Waals surface area contributed by atoms with Crippen molar-refractivity contribution in [2.75, 3.05) is 0 Å². The van der Waals surface area contributed by atoms with Crippen LogP contribution in [0, 0.1) is 0 Å². The van der Waals surface area contributed by atoms with Crippen LogP contribution in [0.25, 0.3) is 0 Å². The number of rotatable bonds is 9. The Bertz CT molecular complexity index is 962. The van der Waals surface area contributed by atoms with E-state index in [0.717, 1.165) is 16.7 Å². The summed E-state index contributed by atoms with van der Waals surface area (Å²) in [5.74, 6) is -2.49. The molecule has 170 valence electrons. The van der Waals surface area contributed by atoms with Gasteiger partial charge in [0, 0.05) is 6.42 Å². The highest BCUT2D eigenvalue weighted by molar-refractivity contribution is 5.88. The molecule has 0 fully saturated rings. The summed E-state index contributed by atoms with van der Waals surface area (Å²) in [7, 11) is 0. The number of carbonyl (C=O) groups excluding carboxylic acids is 1. The number of amides is 1. The van der Waals surface area contributed by atoms with Crippen LogP contribution in [0.3, 0.4) is 0 Å². The fraction of sp³-hybridized carbons (Fsp3) is 0.400. The second-order valence-corrected chi connectivity index (χ2v) is 8.23. The summed E-state index contributed by atoms with van der Waals surface area (Å²) in [5.41, 5.74) is 2.90. The SMILES string of the molecule is CCC1c2ccccc2CC(C(=O)O)N1C(=O)[C@H](C)N[C@@H](CCc1ccccc1)C(=O)O. The molecule has 3 rings (SSSR count). The van der Waals surface area contributed by atoms with Gasteiger partial charge in [-0.1, -0.05) is 61.5 Å². The van der Waals surface area contributed by atoms with Crippen molar-refractivity contribution in [3.63, 3.8) is 0 Å². The van der Waals surface area contributed by atoms with Gasteiger partial charge in [-0.05, 0) is 42.9 Å². The number of aryl methyl sites for hydroxylation is 1. The lowest BCUT2D eigenvalue weighted by Crippen LogP contribution is -2.57. The number of benzene rings is 2. The van der Waals surface area contributed by atoms with E-state index < -0.39 is 36.0 Å². The Morgan fingerprint density at radius 2 is 1.72 bits per heavy atom. The summed E-state index contributed by atoms with van der Waals surface area (Å²) in [6.45, 7) is 3.52. The number of fused-ring (bicyclic) bond motifs is 1. The van der Waals surface area contributed by atoms with Crippen molar-refractivity contribution in [1.29, 1.82) is 0 Å². The van der Waals surface area contributed by atoms with Crippen LogP contribution < -0.4 is 5.32 Å². The third-order valence-electron chi connectivity index (χ3n) is 6.11. The van der Waals surface area contributed by atoms with Crippen LogP contribution in [0.1, 0.15) is 49.4 Å². The van der Waals surface area contributed by atoms with Crippen LogP contribution in [0.4, 0.5) is 0 Å². The zero-order valence-corrected chi connectivity index (χ0v) is 18.4. The van der Waals surface area contributed by atoms with Crippen molar-refractivity contribution in [1.82, 2.24) is 10.2 Å². The van der Waals surface area contributed by atoms with E-state index in [1.165, 1.54) is 4.90 Å². The second kappa shape index (κ2) is 10.4. The van der Waals surface area contributed by atoms with Gasteiger partial charge >= 0.3 is 11.9 Å². The molecule has 0 saturated heterocycles. The van der Waals surface area contributed by atoms with E-state index in [1.54, 1.807) is 6.92 Å². The molecule has 3 N–H and O–H groups in total. The Morgan fingerprint density at radius 1 is 1.06 bits per heavy atom. The van der Waals surface area contributed by atoms with Gasteiger partial charge < -0.3 is 15.1 Å². The smallest absolute Gasteiger partial charge is 0.326 e. The van der Waals surface area contributed by atoms with Gasteiger partial charge in [-0.3, -0.25) is 14.9 Å². The molecule has 4 atom stereocenters. The van der Waals surface area contributed by atoms with E-state index >= 15 is 0 Å². The molecular formula is C25H30N2O5. The minimum Gasteiger partial charge on any atom is -0.480 e. The summed E-state index contributed by atoms with van der Waals surface area (Å²) >= 11 is 0. The molecule has 0 aromatic heterocycles. The summed E-state index contributed by atoms with van der Waals surface area (Å²) < 4.78 is 0. The molecular weight excluding hydrogens is 408 g/mol. The minimum absolute atomic E-state index is 0.233. The maximum Gasteiger partial charge on any atom is 0.326 e. The van der Waals surface area contributed by atoms with Gasteiger partial charge in [-0.2, -0.15) is 0 Å². The summed E-state index contributed by atoms with van der Waals surface area (Å²) in [4.78, 5) is 38.7. The lowest BCUT2D eigenvalue weighted by atomic mass is 9.86. The Morgan fingerprint density at radius 3 is 2.34 bits per heavy atom. The topological polar surface area (TPSA) is 107 Å². The van der Waals surface area contributed by atoms with Crippen molar-refractivity contribution >= 4 is 17.8 Å². The zero-order valence-electron chi connectivity index (χ0n) is 18.4. The molecule has 1 heterocycles. The van der Waals surface area contributed by atoms with Crippen molar-refractivity contribution in [2.45, 2.75) is 63.7 Å². The Labute approximate surface area is 188 Å². The quantitative estimate of drug-likeness (QED) is 0.556. The van der Waals surface area contributed by atoms with E-state index in [0.29, 0.717) is 19.3 Å². The van der Waals surface area contributed by atoms with Crippen LogP contribution in [0.2, 0.25) is 0 Å². The van der Waals surface area contributed by atoms with E-state index in [2.05, 4.69) is 5.32 Å². The molecule has 0 spiro atoms. The molecule has 2 aromatic carbocycles. The highest BCUT2D eigenvalue weighted by Gasteiger charge is 2.42. The van der Waals surface area contributed by atoms with Crippen LogP contribution >= 0.6 is 0 Å². The molecule has 32 heavy (non-hydrogen) atoms. The molecule has 0 aliphatic carbocycles. The monoisotopic (exact) mass is 438 g/mol. The van der Waals surface area contributed by atoms with Crippen LogP contribution in [0.5, 0.6) is 0 Å². The largest absolute Gasteiger partial charge is 0.480 e. The Kier molecular flexibility index (Phi) is 7.64. The normalized spacial score (nSPS) is 19.6. The molecule has 0 saturated carbocycles. The van der Waals surface area contributed by atoms with Crippen molar-refractivity contribution in [3.05, 3.63) is 71.3 Å². The van der Waals surface area contributed by atoms with Crippen molar-refractivity contribution in [3.8, 4) is 0 Å². The summed E-state index contributed by atoms with van der Waals surface area (Å²) in [6.07, 6.45) is 1.67. The van der Waals surface area contributed by atoms with Gasteiger partial charge in [0.1, 0.15) is 12.1 Å². The second-order valence-electron chi connectivity index (χ2n) is 8.23. The number of nitrogens with zero attached hydrogens (tertiary/aromatic N) is 1. The van der Waals surface area contributed by atoms with Gasteiger partial charge in [0.15, 0.2) is 0 Å². The van der Waals surface area contributed by atoms with Crippen LogP contribution in [0.15, 0.2) is 54.6 Å². The number of carboxylic acids is 2. The Hall–Kier alpha value is -3.19. The standard InChI is InChI=1S/C25H30N2O5/c1-3-21-19-12-8-7-11-18(19)15-22(25(31)32)27(21)23(28)16(2)26-20(24(29)30)14-13-17-9-5-4-6-10-17/h4-12,16,20-22,26H,3,13-15H2,1-2H3,(H,29,30)(H,31,32)/t16-,20-,21?,22?/m0/s1. The first-order valence-corrected chi connectivity index (χ1v) is 11.0. The van der Waals surface area contributed by atoms with Gasteiger partial charge in [0.2, 0.25) is 5.91 Å². The number of aliphatic carboxylic acids is 2. The molecule has 1 aliphatic heterocycles. The molecule has 7 heteroatoms. The average molecular weight is 439 g/mol. The Balaban J connectivity index is 1.78. The van der Waals surface area contributed by atoms with Gasteiger partial charge in [0.25, 0.3) is 0 Å². The molecule has 2 unspecified atom stereocenters. The van der Waals surface area contributed by atoms with E-state index in [9.17, 15) is 24.6 Å². The number of carboxylic acid groups (broad SMARTS) is 2. The van der Waals surface area contributed by atoms with Crippen LogP contribution in [-0.4, -0.2) is 51.1 Å². The van der Waals surface area contributed by atoms with Crippen molar-refractivity contribution in [2.24, 2.45) is 0 Å². The molecule has 7 nitrogen and oxygen atoms in total. The van der Waals surface area contributed by atoms with E-state index in [-0.39, 0.29) is 12.5 Å². The number of hydrogen-bond donors (Lipinski definition) is 3. The first kappa shape index (κ1) is 23.5. The third-order valence-corrected chi connectivity index (χ3v) is 6.11. The predicted octanol–water partition coefficient (Wildman–Crippen LogP) is 3.04. The molecule has 0 bridgehead atoms. The summed E-state index contributed by atoms with van der Waals surface area (Å²) in [5, 5.41) is 22.5. The molecule has 1 amide bonds. The number of hydrogen-bond acceptors (Lipinski definition) is 4. The minimum atomic E-state index is -1.06. The average Bonchev–Trinajstić information content (AvgIpc) is 2.80. The third kappa shape index (κ3) is 5.16. The predicted molar refractivity (Wildman–Crippen MR) is 120 cm³/mol. The molecule has 1 aliphatic rings. The van der Waals surface area contributed by atoms with E-state index in [4.69, 9.17) is 0 Å². The number of carbonyl (C=O) groups is 3. The molecule has 0 radical (unpaired) electrons. The number of nitrogens with one attached hydrogen (secondary N) is 1. The fourth-order valence-electron chi connectivity index (χ4n) is 4.48. The van der Waals surface area contributed by atoms with Gasteiger partial charge in [0.05, 0.1) is 12.1 Å². The fourth-order valence-corrected chi connectivity index (χ4v) is 4.48. The van der Waals surface area contributed by atoms with Crippen molar-refractivity contribution < 1.29 is 24.6 Å². The first-order valence-electron chi connectivity index (χ1n) is 11.0. The highest BCUT2D eigenvalue weighted by Crippen LogP contribution is 2.36. The zero-order chi connectivity index (χ0) is 23.3. The van der Waals surface area contributed by atoms with E-state index in [1.807, 2.05) is 61.5 Å².